The van der Waals surface area contributed by atoms with Gasteiger partial charge in [-0.1, -0.05) is 36.4 Å². The Labute approximate surface area is 128 Å². The number of carbonyl (C=O) groups is 1. The van der Waals surface area contributed by atoms with Crippen molar-refractivity contribution in [3.05, 3.63) is 60.2 Å². The van der Waals surface area contributed by atoms with Gasteiger partial charge in [0.05, 0.1) is 12.8 Å². The molecule has 0 radical (unpaired) electrons. The number of hydrogen-bond acceptors (Lipinski definition) is 5. The van der Waals surface area contributed by atoms with Crippen molar-refractivity contribution in [2.24, 2.45) is 0 Å². The molecule has 0 saturated carbocycles. The van der Waals surface area contributed by atoms with Crippen LogP contribution in [0.5, 0.6) is 0 Å². The third-order valence-corrected chi connectivity index (χ3v) is 4.28. The van der Waals surface area contributed by atoms with Crippen LogP contribution in [0, 0.1) is 0 Å². The molecule has 22 heavy (non-hydrogen) atoms. The number of carbonyl (C=O) groups excluding carboxylic acids is 1. The SMILES string of the molecule is COC(=O)C12OC1(OC)N(c1ccccc1)c1ccccc12. The van der Waals surface area contributed by atoms with Gasteiger partial charge in [0.1, 0.15) is 0 Å². The Hall–Kier alpha value is -2.37. The van der Waals surface area contributed by atoms with Gasteiger partial charge in [0.25, 0.3) is 5.60 Å². The third kappa shape index (κ3) is 1.33. The summed E-state index contributed by atoms with van der Waals surface area (Å²) in [5.74, 6) is -1.65. The third-order valence-electron chi connectivity index (χ3n) is 4.28. The summed E-state index contributed by atoms with van der Waals surface area (Å²) < 4.78 is 16.5. The molecule has 2 aromatic rings. The number of epoxide rings is 1. The van der Waals surface area contributed by atoms with Crippen molar-refractivity contribution >= 4 is 17.3 Å². The lowest BCUT2D eigenvalue weighted by Crippen LogP contribution is -2.39. The monoisotopic (exact) mass is 297 g/mol. The Kier molecular flexibility index (Phi) is 2.61. The fourth-order valence-corrected chi connectivity index (χ4v) is 3.32. The van der Waals surface area contributed by atoms with Crippen molar-refractivity contribution in [3.8, 4) is 0 Å². The molecule has 2 aliphatic rings. The largest absolute Gasteiger partial charge is 0.466 e. The van der Waals surface area contributed by atoms with Crippen LogP contribution >= 0.6 is 0 Å². The molecule has 5 heteroatoms. The first-order chi connectivity index (χ1) is 10.7. The van der Waals surface area contributed by atoms with Gasteiger partial charge in [0, 0.05) is 18.4 Å². The predicted molar refractivity (Wildman–Crippen MR) is 79.5 cm³/mol. The number of hydrogen-bond donors (Lipinski definition) is 0. The van der Waals surface area contributed by atoms with Crippen LogP contribution in [-0.4, -0.2) is 26.1 Å². The van der Waals surface area contributed by atoms with Gasteiger partial charge in [0.2, 0.25) is 0 Å². The van der Waals surface area contributed by atoms with Crippen LogP contribution < -0.4 is 4.90 Å². The minimum absolute atomic E-state index is 0.458. The molecule has 2 unspecified atom stereocenters. The first kappa shape index (κ1) is 13.3. The number of ether oxygens (including phenoxy) is 3. The molecule has 4 rings (SSSR count). The molecule has 1 fully saturated rings. The number of anilines is 2. The van der Waals surface area contributed by atoms with Gasteiger partial charge in [-0.15, -0.1) is 0 Å². The van der Waals surface area contributed by atoms with Crippen LogP contribution in [-0.2, 0) is 24.6 Å². The topological polar surface area (TPSA) is 51.3 Å². The van der Waals surface area contributed by atoms with E-state index in [1.54, 1.807) is 0 Å². The molecule has 0 spiro atoms. The molecule has 1 saturated heterocycles. The standard InChI is InChI=1S/C17H15NO4/c1-20-15(19)16-13-10-6-7-11-14(13)18(17(16,21-2)22-16)12-8-4-3-5-9-12/h3-11H,1-2H3. The van der Waals surface area contributed by atoms with Gasteiger partial charge in [-0.05, 0) is 18.2 Å². The van der Waals surface area contributed by atoms with Gasteiger partial charge >= 0.3 is 11.9 Å². The van der Waals surface area contributed by atoms with E-state index in [0.29, 0.717) is 0 Å². The number of para-hydroxylation sites is 2. The molecule has 0 aliphatic carbocycles. The summed E-state index contributed by atoms with van der Waals surface area (Å²) in [6, 6.07) is 17.3. The summed E-state index contributed by atoms with van der Waals surface area (Å²) in [6.45, 7) is 0. The Balaban J connectivity index is 1.96. The fraction of sp³-hybridized carbons (Fsp3) is 0.235. The van der Waals surface area contributed by atoms with E-state index < -0.39 is 17.5 Å². The second-order valence-corrected chi connectivity index (χ2v) is 5.25. The summed E-state index contributed by atoms with van der Waals surface area (Å²) in [4.78, 5) is 14.3. The van der Waals surface area contributed by atoms with Gasteiger partial charge in [0.15, 0.2) is 0 Å². The lowest BCUT2D eigenvalue weighted by molar-refractivity contribution is -0.147. The first-order valence-corrected chi connectivity index (χ1v) is 7.00. The zero-order valence-electron chi connectivity index (χ0n) is 12.3. The highest BCUT2D eigenvalue weighted by Crippen LogP contribution is 2.68. The molecule has 0 bridgehead atoms. The fourth-order valence-electron chi connectivity index (χ4n) is 3.32. The van der Waals surface area contributed by atoms with E-state index in [1.165, 1.54) is 14.2 Å². The van der Waals surface area contributed by atoms with Crippen molar-refractivity contribution in [1.29, 1.82) is 0 Å². The zero-order valence-corrected chi connectivity index (χ0v) is 12.3. The van der Waals surface area contributed by atoms with E-state index in [-0.39, 0.29) is 0 Å². The van der Waals surface area contributed by atoms with Gasteiger partial charge in [-0.25, -0.2) is 4.79 Å². The smallest absolute Gasteiger partial charge is 0.351 e. The maximum Gasteiger partial charge on any atom is 0.351 e. The van der Waals surface area contributed by atoms with E-state index in [4.69, 9.17) is 14.2 Å². The van der Waals surface area contributed by atoms with E-state index in [9.17, 15) is 4.79 Å². The average Bonchev–Trinajstić information content (AvgIpc) is 3.20. The molecule has 0 amide bonds. The lowest BCUT2D eigenvalue weighted by atomic mass is 9.99. The van der Waals surface area contributed by atoms with E-state index in [0.717, 1.165) is 16.9 Å². The maximum atomic E-state index is 12.4. The Bertz CT molecular complexity index is 747. The van der Waals surface area contributed by atoms with Crippen molar-refractivity contribution in [3.63, 3.8) is 0 Å². The Morgan fingerprint density at radius 1 is 1.05 bits per heavy atom. The number of nitrogens with zero attached hydrogens (tertiary/aromatic N) is 1. The molecule has 2 heterocycles. The Morgan fingerprint density at radius 2 is 1.73 bits per heavy atom. The number of benzene rings is 2. The molecule has 2 atom stereocenters. The summed E-state index contributed by atoms with van der Waals surface area (Å²) in [6.07, 6.45) is 0. The molecule has 0 aromatic heterocycles. The van der Waals surface area contributed by atoms with Crippen LogP contribution in [0.4, 0.5) is 11.4 Å². The van der Waals surface area contributed by atoms with Gasteiger partial charge < -0.3 is 9.47 Å². The summed E-state index contributed by atoms with van der Waals surface area (Å²) in [5, 5.41) is 0. The number of methoxy groups -OCH3 is 2. The molecular weight excluding hydrogens is 282 g/mol. The van der Waals surface area contributed by atoms with E-state index in [2.05, 4.69) is 0 Å². The average molecular weight is 297 g/mol. The number of fused-ring (bicyclic) bond motifs is 3. The minimum atomic E-state index is -1.23. The first-order valence-electron chi connectivity index (χ1n) is 7.00. The quantitative estimate of drug-likeness (QED) is 0.643. The van der Waals surface area contributed by atoms with E-state index in [1.807, 2.05) is 59.5 Å². The molecule has 112 valence electrons. The summed E-state index contributed by atoms with van der Waals surface area (Å²) in [7, 11) is 2.89. The van der Waals surface area contributed by atoms with Crippen LogP contribution in [0.3, 0.4) is 0 Å². The van der Waals surface area contributed by atoms with Crippen molar-refractivity contribution in [1.82, 2.24) is 0 Å². The molecule has 2 aliphatic heterocycles. The van der Waals surface area contributed by atoms with Gasteiger partial charge in [-0.2, -0.15) is 0 Å². The molecular formula is C17H15NO4. The highest BCUT2D eigenvalue weighted by Gasteiger charge is 2.86. The summed E-state index contributed by atoms with van der Waals surface area (Å²) in [5.41, 5.74) is 1.29. The van der Waals surface area contributed by atoms with Crippen LogP contribution in [0.25, 0.3) is 0 Å². The number of esters is 1. The summed E-state index contributed by atoms with van der Waals surface area (Å²) >= 11 is 0. The van der Waals surface area contributed by atoms with Crippen molar-refractivity contribution in [2.75, 3.05) is 19.1 Å². The second kappa shape index (κ2) is 4.32. The molecule has 0 N–H and O–H groups in total. The van der Waals surface area contributed by atoms with Crippen molar-refractivity contribution < 1.29 is 19.0 Å². The van der Waals surface area contributed by atoms with E-state index >= 15 is 0 Å². The second-order valence-electron chi connectivity index (χ2n) is 5.25. The maximum absolute atomic E-state index is 12.4. The zero-order chi connectivity index (χ0) is 15.4. The normalized spacial score (nSPS) is 28.0. The molecule has 2 aromatic carbocycles. The minimum Gasteiger partial charge on any atom is -0.466 e. The van der Waals surface area contributed by atoms with Crippen molar-refractivity contribution in [2.45, 2.75) is 11.5 Å². The molecule has 5 nitrogen and oxygen atoms in total. The van der Waals surface area contributed by atoms with Crippen LogP contribution in [0.15, 0.2) is 54.6 Å². The predicted octanol–water partition coefficient (Wildman–Crippen LogP) is 2.54. The number of rotatable bonds is 3. The highest BCUT2D eigenvalue weighted by molar-refractivity contribution is 5.95. The van der Waals surface area contributed by atoms with Crippen LogP contribution in [0.1, 0.15) is 5.56 Å². The highest BCUT2D eigenvalue weighted by atomic mass is 16.8. The lowest BCUT2D eigenvalue weighted by Gasteiger charge is -2.27. The Morgan fingerprint density at radius 3 is 2.41 bits per heavy atom. The van der Waals surface area contributed by atoms with Crippen LogP contribution in [0.2, 0.25) is 0 Å². The van der Waals surface area contributed by atoms with Gasteiger partial charge in [-0.3, -0.25) is 9.64 Å².